The number of carbonyl (C=O) groups is 4. The second-order valence-corrected chi connectivity index (χ2v) is 13.9. The van der Waals surface area contributed by atoms with Crippen LogP contribution in [-0.2, 0) is 32.0 Å². The fourth-order valence-corrected chi connectivity index (χ4v) is 5.32. The SMILES string of the molecule is BC(B)(CN)C(B)(B)C[C@](B)(NC(=O)[C@H](Cc1ccccc1)NC(=O)[C@@H](CCCNC(=N)N)NC(=O)[C@@H](N)Cc1ccccc1)C(N)=O. The van der Waals surface area contributed by atoms with Crippen LogP contribution in [0.5, 0.6) is 0 Å². The van der Waals surface area contributed by atoms with E-state index in [0.717, 1.165) is 11.1 Å². The highest BCUT2D eigenvalue weighted by Crippen LogP contribution is 2.45. The molecule has 2 aromatic rings. The first-order valence-corrected chi connectivity index (χ1v) is 16.2. The third kappa shape index (κ3) is 12.1. The van der Waals surface area contributed by atoms with Crippen LogP contribution in [0.2, 0.25) is 10.4 Å². The van der Waals surface area contributed by atoms with Crippen molar-refractivity contribution in [3.8, 4) is 0 Å². The van der Waals surface area contributed by atoms with Crippen molar-refractivity contribution in [2.24, 2.45) is 22.9 Å². The van der Waals surface area contributed by atoms with Crippen LogP contribution in [0.1, 0.15) is 30.4 Å². The predicted octanol–water partition coefficient (Wildman–Crippen LogP) is -5.92. The zero-order valence-electron chi connectivity index (χ0n) is 28.9. The molecular weight excluding hydrogens is 604 g/mol. The van der Waals surface area contributed by atoms with Crippen molar-refractivity contribution in [1.82, 2.24) is 21.3 Å². The van der Waals surface area contributed by atoms with E-state index in [1.165, 1.54) is 0 Å². The molecule has 0 aromatic heterocycles. The molecule has 254 valence electrons. The summed E-state index contributed by atoms with van der Waals surface area (Å²) in [5.74, 6) is -2.70. The van der Waals surface area contributed by atoms with Gasteiger partial charge in [0, 0.05) is 13.0 Å². The average molecular weight is 655 g/mol. The Kier molecular flexibility index (Phi) is 14.9. The Morgan fingerprint density at radius 1 is 0.750 bits per heavy atom. The van der Waals surface area contributed by atoms with E-state index in [1.54, 1.807) is 7.85 Å². The minimum absolute atomic E-state index is 0.102. The molecule has 13 nitrogen and oxygen atoms in total. The number of nitrogens with two attached hydrogens (primary N) is 4. The molecule has 0 radical (unpaired) electrons. The maximum Gasteiger partial charge on any atom is 0.243 e. The van der Waals surface area contributed by atoms with Crippen LogP contribution in [0.3, 0.4) is 0 Å². The Morgan fingerprint density at radius 3 is 1.77 bits per heavy atom. The summed E-state index contributed by atoms with van der Waals surface area (Å²) in [5.41, 5.74) is 23.7. The van der Waals surface area contributed by atoms with Crippen LogP contribution in [0.4, 0.5) is 0 Å². The minimum atomic E-state index is -1.47. The lowest BCUT2D eigenvalue weighted by molar-refractivity contribution is -0.134. The van der Waals surface area contributed by atoms with Gasteiger partial charge in [-0.2, -0.15) is 0 Å². The van der Waals surface area contributed by atoms with Crippen molar-refractivity contribution in [2.45, 2.75) is 66.1 Å². The van der Waals surface area contributed by atoms with Crippen molar-refractivity contribution >= 4 is 68.8 Å². The van der Waals surface area contributed by atoms with Crippen LogP contribution < -0.4 is 44.2 Å². The number of guanidine groups is 1. The highest BCUT2D eigenvalue weighted by molar-refractivity contribution is 6.54. The summed E-state index contributed by atoms with van der Waals surface area (Å²) in [6.45, 7) is 0.629. The van der Waals surface area contributed by atoms with E-state index in [1.807, 2.05) is 92.0 Å². The fraction of sp³-hybridized carbons (Fsp3) is 0.433. The van der Waals surface area contributed by atoms with Gasteiger partial charge in [-0.1, -0.05) is 71.1 Å². The molecule has 48 heavy (non-hydrogen) atoms. The van der Waals surface area contributed by atoms with Crippen LogP contribution in [-0.4, -0.2) is 105 Å². The van der Waals surface area contributed by atoms with E-state index >= 15 is 0 Å². The number of amides is 4. The van der Waals surface area contributed by atoms with Gasteiger partial charge < -0.3 is 44.2 Å². The zero-order valence-corrected chi connectivity index (χ0v) is 28.9. The lowest BCUT2D eigenvalue weighted by atomic mass is 9.27. The molecule has 0 aliphatic rings. The molecule has 0 bridgehead atoms. The van der Waals surface area contributed by atoms with Gasteiger partial charge in [-0.3, -0.25) is 24.6 Å². The highest BCUT2D eigenvalue weighted by Gasteiger charge is 2.45. The summed E-state index contributed by atoms with van der Waals surface area (Å²) in [7, 11) is 9.48. The number of rotatable bonds is 19. The highest BCUT2D eigenvalue weighted by atomic mass is 16.2. The molecule has 0 saturated carbocycles. The van der Waals surface area contributed by atoms with E-state index in [9.17, 15) is 19.2 Å². The van der Waals surface area contributed by atoms with E-state index < -0.39 is 57.6 Å². The summed E-state index contributed by atoms with van der Waals surface area (Å²) in [5, 5.41) is 17.6. The molecule has 0 saturated heterocycles. The van der Waals surface area contributed by atoms with Gasteiger partial charge in [0.15, 0.2) is 5.96 Å². The molecule has 0 aliphatic heterocycles. The van der Waals surface area contributed by atoms with Crippen molar-refractivity contribution in [3.05, 3.63) is 71.8 Å². The summed E-state index contributed by atoms with van der Waals surface area (Å²) in [6.07, 6.45) is 1.09. The van der Waals surface area contributed by atoms with Gasteiger partial charge in [0.25, 0.3) is 0 Å². The van der Waals surface area contributed by atoms with Gasteiger partial charge in [-0.05, 0) is 43.4 Å². The molecule has 0 aliphatic carbocycles. The lowest BCUT2D eigenvalue weighted by Gasteiger charge is -2.47. The first-order valence-electron chi connectivity index (χ1n) is 16.2. The van der Waals surface area contributed by atoms with Gasteiger partial charge in [-0.15, -0.1) is 0 Å². The molecule has 2 rings (SSSR count). The number of hydrogen-bond donors (Lipinski definition) is 9. The third-order valence-electron chi connectivity index (χ3n) is 9.25. The Labute approximate surface area is 288 Å². The number of primary amides is 1. The Bertz CT molecular complexity index is 1410. The maximum absolute atomic E-state index is 14.0. The number of benzene rings is 2. The largest absolute Gasteiger partial charge is 0.370 e. The monoisotopic (exact) mass is 655 g/mol. The number of hydrogen-bond acceptors (Lipinski definition) is 7. The second kappa shape index (κ2) is 17.8. The molecule has 4 amide bonds. The van der Waals surface area contributed by atoms with E-state index in [2.05, 4.69) is 21.3 Å². The van der Waals surface area contributed by atoms with E-state index in [-0.39, 0.29) is 38.2 Å². The molecule has 13 N–H and O–H groups in total. The van der Waals surface area contributed by atoms with E-state index in [4.69, 9.17) is 28.3 Å². The van der Waals surface area contributed by atoms with Crippen LogP contribution >= 0.6 is 0 Å². The second-order valence-electron chi connectivity index (χ2n) is 13.9. The van der Waals surface area contributed by atoms with Gasteiger partial charge in [0.2, 0.25) is 23.6 Å². The van der Waals surface area contributed by atoms with Gasteiger partial charge in [0.05, 0.1) is 42.9 Å². The first-order chi connectivity index (χ1) is 22.4. The summed E-state index contributed by atoms with van der Waals surface area (Å²) in [4.78, 5) is 53.9. The van der Waals surface area contributed by atoms with Gasteiger partial charge in [0.1, 0.15) is 19.9 Å². The molecule has 4 atom stereocenters. The van der Waals surface area contributed by atoms with E-state index in [0.29, 0.717) is 13.0 Å². The Morgan fingerprint density at radius 2 is 1.27 bits per heavy atom. The molecule has 0 unspecified atom stereocenters. The van der Waals surface area contributed by atoms with Crippen molar-refractivity contribution in [2.75, 3.05) is 13.1 Å². The first kappa shape index (κ1) is 40.0. The van der Waals surface area contributed by atoms with Crippen LogP contribution in [0.15, 0.2) is 60.7 Å². The normalized spacial score (nSPS) is 14.7. The topological polar surface area (TPSA) is 244 Å². The number of carbonyl (C=O) groups excluding carboxylic acids is 4. The number of nitrogens with one attached hydrogen (secondary N) is 5. The van der Waals surface area contributed by atoms with Crippen molar-refractivity contribution in [3.63, 3.8) is 0 Å². The Balaban J connectivity index is 2.35. The van der Waals surface area contributed by atoms with Crippen LogP contribution in [0, 0.1) is 5.41 Å². The lowest BCUT2D eigenvalue weighted by Crippen LogP contribution is -2.65. The van der Waals surface area contributed by atoms with Crippen molar-refractivity contribution in [1.29, 1.82) is 5.41 Å². The molecule has 2 aromatic carbocycles. The third-order valence-corrected chi connectivity index (χ3v) is 9.25. The predicted molar refractivity (Wildman–Crippen MR) is 203 cm³/mol. The molecule has 0 fully saturated rings. The average Bonchev–Trinajstić information content (AvgIpc) is 3.02. The standard InChI is InChI=1S/C30H50B5N9O4/c31-28(26(38)48,16-29(32,33)30(34,35)17-36)44-25(47)22(15-19-10-5-2-6-11-19)43-24(46)21(12-7-13-41-27(39)40)42-23(45)20(37)14-18-8-3-1-4-9-18/h1-6,8-11,20-22H,7,12-17,31-37H2,(H2,38,48)(H,42,45)(H,43,46)(H,44,47)(H4,39,40,41)/t20-,21+,22-,28-/m0/s1. The van der Waals surface area contributed by atoms with Crippen LogP contribution in [0.25, 0.3) is 0 Å². The summed E-state index contributed by atoms with van der Waals surface area (Å²) in [6, 6.07) is 15.3. The quantitative estimate of drug-likeness (QED) is 0.0305. The molecular formula is C30H50B5N9O4. The minimum Gasteiger partial charge on any atom is -0.370 e. The summed E-state index contributed by atoms with van der Waals surface area (Å²) < 4.78 is 0. The Hall–Kier alpha value is -4.17. The smallest absolute Gasteiger partial charge is 0.243 e. The van der Waals surface area contributed by atoms with Gasteiger partial charge in [-0.25, -0.2) is 0 Å². The molecule has 18 heteroatoms. The fourth-order valence-electron chi connectivity index (χ4n) is 5.32. The molecule has 0 spiro atoms. The summed E-state index contributed by atoms with van der Waals surface area (Å²) >= 11 is 0. The van der Waals surface area contributed by atoms with Gasteiger partial charge >= 0.3 is 0 Å². The van der Waals surface area contributed by atoms with Crippen molar-refractivity contribution < 1.29 is 19.2 Å². The zero-order chi connectivity index (χ0) is 36.1. The molecule has 0 heterocycles. The maximum atomic E-state index is 14.0.